The molecule has 6 nitrogen and oxygen atoms in total. The molecule has 3 rings (SSSR count). The minimum atomic E-state index is 0.553. The number of likely N-dealkylation sites (tertiary alicyclic amines) is 1. The first-order valence-corrected chi connectivity index (χ1v) is 9.87. The number of nitrogens with zero attached hydrogens (tertiary/aromatic N) is 5. The molecule has 1 unspecified atom stereocenters. The topological polar surface area (TPSA) is 48.7 Å². The highest BCUT2D eigenvalue weighted by atomic mass is 15.3. The Morgan fingerprint density at radius 1 is 1.30 bits per heavy atom. The second-order valence-corrected chi connectivity index (χ2v) is 7.32. The van der Waals surface area contributed by atoms with Gasteiger partial charge in [0, 0.05) is 65.1 Å². The third-order valence-electron chi connectivity index (χ3n) is 5.30. The Hall–Kier alpha value is -2.50. The summed E-state index contributed by atoms with van der Waals surface area (Å²) in [6, 6.07) is 10.6. The van der Waals surface area contributed by atoms with E-state index in [-0.39, 0.29) is 0 Å². The van der Waals surface area contributed by atoms with Crippen LogP contribution < -0.4 is 10.2 Å². The predicted molar refractivity (Wildman–Crippen MR) is 112 cm³/mol. The molecule has 27 heavy (non-hydrogen) atoms. The highest BCUT2D eigenvalue weighted by molar-refractivity contribution is 5.80. The smallest absolute Gasteiger partial charge is 0.193 e. The van der Waals surface area contributed by atoms with Crippen LogP contribution in [0.25, 0.3) is 0 Å². The van der Waals surface area contributed by atoms with Crippen molar-refractivity contribution < 1.29 is 0 Å². The van der Waals surface area contributed by atoms with Crippen molar-refractivity contribution in [1.82, 2.24) is 20.0 Å². The van der Waals surface area contributed by atoms with Gasteiger partial charge in [-0.05, 0) is 37.0 Å². The Morgan fingerprint density at radius 2 is 2.11 bits per heavy atom. The van der Waals surface area contributed by atoms with E-state index in [2.05, 4.69) is 68.8 Å². The van der Waals surface area contributed by atoms with Crippen molar-refractivity contribution >= 4 is 11.6 Å². The summed E-state index contributed by atoms with van der Waals surface area (Å²) >= 11 is 0. The van der Waals surface area contributed by atoms with Gasteiger partial charge in [0.05, 0.1) is 6.20 Å². The van der Waals surface area contributed by atoms with E-state index in [9.17, 15) is 0 Å². The van der Waals surface area contributed by atoms with Crippen LogP contribution >= 0.6 is 0 Å². The van der Waals surface area contributed by atoms with Crippen molar-refractivity contribution in [2.24, 2.45) is 12.0 Å². The van der Waals surface area contributed by atoms with Gasteiger partial charge in [0.25, 0.3) is 0 Å². The van der Waals surface area contributed by atoms with Crippen molar-refractivity contribution in [3.05, 3.63) is 48.3 Å². The van der Waals surface area contributed by atoms with E-state index >= 15 is 0 Å². The molecule has 0 bridgehead atoms. The molecule has 146 valence electrons. The fourth-order valence-corrected chi connectivity index (χ4v) is 3.69. The van der Waals surface area contributed by atoms with Crippen molar-refractivity contribution in [2.75, 3.05) is 45.2 Å². The summed E-state index contributed by atoms with van der Waals surface area (Å²) in [7, 11) is 6.01. The standard InChI is InChI=1S/C21H32N6/c1-22-21(27-14-11-18(17-27)19-15-24-26(3)16-19)23-12-7-8-13-25(2)20-9-5-4-6-10-20/h4-6,9-10,15-16,18H,7-8,11-14,17H2,1-3H3,(H,22,23). The molecule has 2 aromatic rings. The van der Waals surface area contributed by atoms with Gasteiger partial charge in [0.15, 0.2) is 5.96 Å². The maximum Gasteiger partial charge on any atom is 0.193 e. The first-order valence-electron chi connectivity index (χ1n) is 9.87. The second-order valence-electron chi connectivity index (χ2n) is 7.32. The highest BCUT2D eigenvalue weighted by Gasteiger charge is 2.26. The van der Waals surface area contributed by atoms with Gasteiger partial charge in [0.1, 0.15) is 0 Å². The zero-order valence-corrected chi connectivity index (χ0v) is 16.8. The Labute approximate surface area is 162 Å². The van der Waals surface area contributed by atoms with E-state index in [1.54, 1.807) is 0 Å². The molecule has 1 aliphatic rings. The summed E-state index contributed by atoms with van der Waals surface area (Å²) in [5, 5.41) is 7.84. The third kappa shape index (κ3) is 5.25. The Balaban J connectivity index is 1.37. The van der Waals surface area contributed by atoms with Crippen LogP contribution in [0.1, 0.15) is 30.7 Å². The van der Waals surface area contributed by atoms with E-state index in [1.807, 2.05) is 25.0 Å². The number of hydrogen-bond acceptors (Lipinski definition) is 3. The maximum atomic E-state index is 4.48. The summed E-state index contributed by atoms with van der Waals surface area (Å²) in [6.45, 7) is 4.10. The Kier molecular flexibility index (Phi) is 6.74. The lowest BCUT2D eigenvalue weighted by atomic mass is 10.0. The predicted octanol–water partition coefficient (Wildman–Crippen LogP) is 2.70. The van der Waals surface area contributed by atoms with E-state index in [4.69, 9.17) is 0 Å². The zero-order chi connectivity index (χ0) is 19.1. The van der Waals surface area contributed by atoms with E-state index in [1.165, 1.54) is 11.3 Å². The summed E-state index contributed by atoms with van der Waals surface area (Å²) in [6.07, 6.45) is 7.58. The molecule has 1 aliphatic heterocycles. The Morgan fingerprint density at radius 3 is 2.81 bits per heavy atom. The van der Waals surface area contributed by atoms with Crippen LogP contribution in [0.15, 0.2) is 47.7 Å². The van der Waals surface area contributed by atoms with Crippen LogP contribution in [-0.2, 0) is 7.05 Å². The van der Waals surface area contributed by atoms with E-state index in [0.717, 1.165) is 51.4 Å². The number of aryl methyl sites for hydroxylation is 1. The van der Waals surface area contributed by atoms with Crippen molar-refractivity contribution in [3.8, 4) is 0 Å². The molecular weight excluding hydrogens is 336 g/mol. The molecule has 0 aliphatic carbocycles. The number of nitrogens with one attached hydrogen (secondary N) is 1. The third-order valence-corrected chi connectivity index (χ3v) is 5.30. The van der Waals surface area contributed by atoms with Gasteiger partial charge in [-0.15, -0.1) is 0 Å². The lowest BCUT2D eigenvalue weighted by molar-refractivity contribution is 0.484. The van der Waals surface area contributed by atoms with Crippen molar-refractivity contribution in [3.63, 3.8) is 0 Å². The first kappa shape index (κ1) is 19.3. The molecule has 1 aromatic carbocycles. The van der Waals surface area contributed by atoms with Crippen LogP contribution in [-0.4, -0.2) is 60.9 Å². The van der Waals surface area contributed by atoms with Crippen LogP contribution in [0.4, 0.5) is 5.69 Å². The summed E-state index contributed by atoms with van der Waals surface area (Å²) in [4.78, 5) is 9.17. The van der Waals surface area contributed by atoms with Crippen molar-refractivity contribution in [1.29, 1.82) is 0 Å². The van der Waals surface area contributed by atoms with Gasteiger partial charge >= 0.3 is 0 Å². The monoisotopic (exact) mass is 368 g/mol. The number of benzene rings is 1. The number of unbranched alkanes of at least 4 members (excludes halogenated alkanes) is 1. The number of aliphatic imine (C=N–C) groups is 1. The minimum absolute atomic E-state index is 0.553. The molecule has 1 fully saturated rings. The molecule has 1 saturated heterocycles. The molecule has 1 atom stereocenters. The minimum Gasteiger partial charge on any atom is -0.375 e. The summed E-state index contributed by atoms with van der Waals surface area (Å²) in [5.41, 5.74) is 2.61. The number of para-hydroxylation sites is 1. The maximum absolute atomic E-state index is 4.48. The summed E-state index contributed by atoms with van der Waals surface area (Å²) in [5.74, 6) is 1.58. The molecular formula is C21H32N6. The lowest BCUT2D eigenvalue weighted by Gasteiger charge is -2.22. The van der Waals surface area contributed by atoms with Crippen LogP contribution in [0.2, 0.25) is 0 Å². The molecule has 2 heterocycles. The van der Waals surface area contributed by atoms with Crippen LogP contribution in [0, 0.1) is 0 Å². The van der Waals surface area contributed by atoms with Gasteiger partial charge < -0.3 is 15.1 Å². The zero-order valence-electron chi connectivity index (χ0n) is 16.8. The van der Waals surface area contributed by atoms with Gasteiger partial charge in [-0.1, -0.05) is 18.2 Å². The lowest BCUT2D eigenvalue weighted by Crippen LogP contribution is -2.40. The largest absolute Gasteiger partial charge is 0.375 e. The molecule has 0 amide bonds. The molecule has 1 aromatic heterocycles. The van der Waals surface area contributed by atoms with Gasteiger partial charge in [-0.3, -0.25) is 9.67 Å². The molecule has 1 N–H and O–H groups in total. The number of guanidine groups is 1. The van der Waals surface area contributed by atoms with Crippen molar-refractivity contribution in [2.45, 2.75) is 25.2 Å². The molecule has 0 spiro atoms. The van der Waals surface area contributed by atoms with Gasteiger partial charge in [-0.25, -0.2) is 0 Å². The molecule has 0 saturated carbocycles. The highest BCUT2D eigenvalue weighted by Crippen LogP contribution is 2.26. The molecule has 0 radical (unpaired) electrons. The van der Waals surface area contributed by atoms with E-state index < -0.39 is 0 Å². The quantitative estimate of drug-likeness (QED) is 0.464. The SMILES string of the molecule is CN=C(NCCCCN(C)c1ccccc1)N1CCC(c2cnn(C)c2)C1. The summed E-state index contributed by atoms with van der Waals surface area (Å²) < 4.78 is 1.89. The van der Waals surface area contributed by atoms with Crippen LogP contribution in [0.3, 0.4) is 0 Å². The fourth-order valence-electron chi connectivity index (χ4n) is 3.69. The van der Waals surface area contributed by atoms with Gasteiger partial charge in [0.2, 0.25) is 0 Å². The van der Waals surface area contributed by atoms with E-state index in [0.29, 0.717) is 5.92 Å². The average molecular weight is 369 g/mol. The average Bonchev–Trinajstić information content (AvgIpc) is 3.34. The number of aromatic nitrogens is 2. The Bertz CT molecular complexity index is 723. The molecule has 6 heteroatoms. The fraction of sp³-hybridized carbons (Fsp3) is 0.524. The first-order chi connectivity index (χ1) is 13.2. The van der Waals surface area contributed by atoms with Gasteiger partial charge in [-0.2, -0.15) is 5.10 Å². The number of anilines is 1. The number of rotatable bonds is 7. The van der Waals surface area contributed by atoms with Crippen LogP contribution in [0.5, 0.6) is 0 Å². The number of hydrogen-bond donors (Lipinski definition) is 1. The second kappa shape index (κ2) is 9.44. The normalized spacial score (nSPS) is 17.4.